The Bertz CT molecular complexity index is 516. The lowest BCUT2D eigenvalue weighted by Crippen LogP contribution is -2.35. The highest BCUT2D eigenvalue weighted by Gasteiger charge is 2.26. The lowest BCUT2D eigenvalue weighted by molar-refractivity contribution is -0.137. The van der Waals surface area contributed by atoms with Crippen LogP contribution in [0.1, 0.15) is 37.7 Å². The molecule has 5 nitrogen and oxygen atoms in total. The molecule has 2 atom stereocenters. The minimum Gasteiger partial charge on any atom is -0.481 e. The van der Waals surface area contributed by atoms with E-state index in [2.05, 4.69) is 10.6 Å². The van der Waals surface area contributed by atoms with Crippen molar-refractivity contribution in [3.8, 4) is 0 Å². The lowest BCUT2D eigenvalue weighted by Gasteiger charge is -2.26. The summed E-state index contributed by atoms with van der Waals surface area (Å²) < 4.78 is 0. The van der Waals surface area contributed by atoms with Crippen molar-refractivity contribution in [1.29, 1.82) is 0 Å². The molecule has 1 aromatic rings. The number of hydrogen-bond donors (Lipinski definition) is 3. The molecule has 0 radical (unpaired) electrons. The van der Waals surface area contributed by atoms with Gasteiger partial charge in [-0.1, -0.05) is 25.1 Å². The van der Waals surface area contributed by atoms with Crippen LogP contribution in [0.3, 0.4) is 0 Å². The molecule has 1 aromatic carbocycles. The molecular formula is C16H22N2O3. The van der Waals surface area contributed by atoms with Crippen LogP contribution in [0, 0.1) is 5.92 Å². The van der Waals surface area contributed by atoms with Crippen LogP contribution in [0.15, 0.2) is 24.3 Å². The van der Waals surface area contributed by atoms with Crippen LogP contribution in [0.5, 0.6) is 0 Å². The van der Waals surface area contributed by atoms with E-state index in [4.69, 9.17) is 5.11 Å². The van der Waals surface area contributed by atoms with Crippen LogP contribution in [0.2, 0.25) is 0 Å². The first-order valence-electron chi connectivity index (χ1n) is 7.40. The van der Waals surface area contributed by atoms with Crippen LogP contribution in [0.4, 0.5) is 5.69 Å². The molecule has 114 valence electrons. The molecule has 0 saturated heterocycles. The second-order valence-electron chi connectivity index (χ2n) is 5.64. The van der Waals surface area contributed by atoms with Crippen molar-refractivity contribution in [3.63, 3.8) is 0 Å². The van der Waals surface area contributed by atoms with Crippen LogP contribution >= 0.6 is 0 Å². The highest BCUT2D eigenvalue weighted by atomic mass is 16.4. The Hall–Kier alpha value is -2.04. The Morgan fingerprint density at radius 3 is 2.95 bits per heavy atom. The lowest BCUT2D eigenvalue weighted by atomic mass is 9.90. The van der Waals surface area contributed by atoms with Crippen LogP contribution in [-0.4, -0.2) is 30.1 Å². The minimum absolute atomic E-state index is 0.0334. The number of para-hydroxylation sites is 1. The topological polar surface area (TPSA) is 78.4 Å². The fourth-order valence-electron chi connectivity index (χ4n) is 2.61. The number of benzene rings is 1. The normalized spacial score (nSPS) is 18.2. The smallest absolute Gasteiger partial charge is 0.303 e. The molecule has 1 heterocycles. The number of anilines is 1. The van der Waals surface area contributed by atoms with E-state index in [1.807, 2.05) is 31.2 Å². The summed E-state index contributed by atoms with van der Waals surface area (Å²) in [5.74, 6) is -0.706. The van der Waals surface area contributed by atoms with E-state index in [1.54, 1.807) is 0 Å². The third kappa shape index (κ3) is 4.21. The summed E-state index contributed by atoms with van der Waals surface area (Å²) in [5.41, 5.74) is 2.07. The Morgan fingerprint density at radius 2 is 2.19 bits per heavy atom. The Morgan fingerprint density at radius 1 is 1.43 bits per heavy atom. The number of rotatable bonds is 6. The molecule has 21 heavy (non-hydrogen) atoms. The zero-order valence-corrected chi connectivity index (χ0v) is 12.3. The number of nitrogens with one attached hydrogen (secondary N) is 2. The average molecular weight is 290 g/mol. The maximum absolute atomic E-state index is 12.3. The van der Waals surface area contributed by atoms with Gasteiger partial charge in [0.15, 0.2) is 0 Å². The third-order valence-electron chi connectivity index (χ3n) is 3.88. The second kappa shape index (κ2) is 7.11. The van der Waals surface area contributed by atoms with Crippen molar-refractivity contribution in [2.24, 2.45) is 5.92 Å². The summed E-state index contributed by atoms with van der Waals surface area (Å²) in [5, 5.41) is 14.9. The van der Waals surface area contributed by atoms with Gasteiger partial charge in [0.25, 0.3) is 0 Å². The maximum atomic E-state index is 12.3. The van der Waals surface area contributed by atoms with Crippen molar-refractivity contribution in [2.45, 2.75) is 32.1 Å². The molecule has 0 fully saturated rings. The molecular weight excluding hydrogens is 268 g/mol. The molecule has 0 aliphatic carbocycles. The van der Waals surface area contributed by atoms with Gasteiger partial charge in [-0.2, -0.15) is 0 Å². The molecule has 1 aliphatic rings. The van der Waals surface area contributed by atoms with E-state index >= 15 is 0 Å². The summed E-state index contributed by atoms with van der Waals surface area (Å²) in [4.78, 5) is 22.9. The summed E-state index contributed by atoms with van der Waals surface area (Å²) in [7, 11) is 0. The number of carboxylic acids is 1. The summed E-state index contributed by atoms with van der Waals surface area (Å²) in [6.07, 6.45) is 1.51. The molecule has 0 saturated carbocycles. The van der Waals surface area contributed by atoms with Gasteiger partial charge in [0.05, 0.1) is 5.92 Å². The van der Waals surface area contributed by atoms with Crippen molar-refractivity contribution in [3.05, 3.63) is 29.8 Å². The number of carboxylic acid groups (broad SMARTS) is 1. The quantitative estimate of drug-likeness (QED) is 0.750. The van der Waals surface area contributed by atoms with Crippen molar-refractivity contribution in [1.82, 2.24) is 5.32 Å². The largest absolute Gasteiger partial charge is 0.481 e. The van der Waals surface area contributed by atoms with E-state index in [0.29, 0.717) is 13.0 Å². The zero-order chi connectivity index (χ0) is 15.2. The third-order valence-corrected chi connectivity index (χ3v) is 3.88. The van der Waals surface area contributed by atoms with Gasteiger partial charge in [-0.25, -0.2) is 0 Å². The molecule has 0 bridgehead atoms. The standard InChI is InChI=1S/C16H22N2O3/c1-11(6-7-15(19)20)10-18-16(21)13-8-9-17-14-5-3-2-4-12(13)14/h2-5,11,13,17H,6-10H2,1H3,(H,18,21)(H,19,20). The number of aliphatic carboxylic acids is 1. The predicted molar refractivity (Wildman–Crippen MR) is 81.3 cm³/mol. The first-order valence-corrected chi connectivity index (χ1v) is 7.40. The van der Waals surface area contributed by atoms with Gasteiger partial charge in [-0.3, -0.25) is 9.59 Å². The van der Waals surface area contributed by atoms with E-state index in [9.17, 15) is 9.59 Å². The molecule has 2 rings (SSSR count). The van der Waals surface area contributed by atoms with E-state index in [1.165, 1.54) is 0 Å². The number of amides is 1. The minimum atomic E-state index is -0.791. The van der Waals surface area contributed by atoms with Crippen molar-refractivity contribution >= 4 is 17.6 Å². The molecule has 5 heteroatoms. The van der Waals surface area contributed by atoms with Crippen molar-refractivity contribution in [2.75, 3.05) is 18.4 Å². The number of carbonyl (C=O) groups excluding carboxylic acids is 1. The zero-order valence-electron chi connectivity index (χ0n) is 12.3. The highest BCUT2D eigenvalue weighted by Crippen LogP contribution is 2.31. The monoisotopic (exact) mass is 290 g/mol. The van der Waals surface area contributed by atoms with Gasteiger partial charge in [0.2, 0.25) is 5.91 Å². The molecule has 3 N–H and O–H groups in total. The number of hydrogen-bond acceptors (Lipinski definition) is 3. The fraction of sp³-hybridized carbons (Fsp3) is 0.500. The van der Waals surface area contributed by atoms with Gasteiger partial charge in [-0.15, -0.1) is 0 Å². The van der Waals surface area contributed by atoms with Crippen LogP contribution in [-0.2, 0) is 9.59 Å². The van der Waals surface area contributed by atoms with Crippen LogP contribution < -0.4 is 10.6 Å². The summed E-state index contributed by atoms with van der Waals surface area (Å²) >= 11 is 0. The van der Waals surface area contributed by atoms with Gasteiger partial charge >= 0.3 is 5.97 Å². The van der Waals surface area contributed by atoms with Gasteiger partial charge in [-0.05, 0) is 30.4 Å². The molecule has 2 unspecified atom stereocenters. The molecule has 1 aliphatic heterocycles. The van der Waals surface area contributed by atoms with E-state index in [0.717, 1.165) is 24.2 Å². The second-order valence-corrected chi connectivity index (χ2v) is 5.64. The van der Waals surface area contributed by atoms with Crippen molar-refractivity contribution < 1.29 is 14.7 Å². The molecule has 0 spiro atoms. The van der Waals surface area contributed by atoms with E-state index in [-0.39, 0.29) is 24.2 Å². The SMILES string of the molecule is CC(CCC(=O)O)CNC(=O)C1CCNc2ccccc21. The fourth-order valence-corrected chi connectivity index (χ4v) is 2.61. The molecule has 0 aromatic heterocycles. The Labute approximate surface area is 124 Å². The van der Waals surface area contributed by atoms with Crippen LogP contribution in [0.25, 0.3) is 0 Å². The number of fused-ring (bicyclic) bond motifs is 1. The summed E-state index contributed by atoms with van der Waals surface area (Å²) in [6.45, 7) is 3.28. The maximum Gasteiger partial charge on any atom is 0.303 e. The highest BCUT2D eigenvalue weighted by molar-refractivity contribution is 5.86. The average Bonchev–Trinajstić information content (AvgIpc) is 2.50. The molecule has 1 amide bonds. The first kappa shape index (κ1) is 15.4. The Balaban J connectivity index is 1.88. The first-order chi connectivity index (χ1) is 10.1. The van der Waals surface area contributed by atoms with Gasteiger partial charge in [0.1, 0.15) is 0 Å². The predicted octanol–water partition coefficient (Wildman–Crippen LogP) is 2.20. The van der Waals surface area contributed by atoms with E-state index < -0.39 is 5.97 Å². The van der Waals surface area contributed by atoms with Gasteiger partial charge in [0, 0.05) is 25.2 Å². The van der Waals surface area contributed by atoms with Gasteiger partial charge < -0.3 is 15.7 Å². The summed E-state index contributed by atoms with van der Waals surface area (Å²) in [6, 6.07) is 7.88. The Kier molecular flexibility index (Phi) is 5.20. The number of carbonyl (C=O) groups is 2.